The zero-order valence-electron chi connectivity index (χ0n) is 10.4. The van der Waals surface area contributed by atoms with Gasteiger partial charge in [-0.3, -0.25) is 0 Å². The number of hydrogen-bond acceptors (Lipinski definition) is 1. The Hall–Kier alpha value is -0.511. The van der Waals surface area contributed by atoms with Gasteiger partial charge in [0.15, 0.2) is 0 Å². The average molecular weight is 324 g/mol. The van der Waals surface area contributed by atoms with Crippen molar-refractivity contribution < 1.29 is 4.79 Å². The molecule has 1 aromatic carbocycles. The summed E-state index contributed by atoms with van der Waals surface area (Å²) in [6.45, 7) is 6.95. The van der Waals surface area contributed by atoms with Crippen LogP contribution in [-0.2, 0) is 4.44 Å². The van der Waals surface area contributed by atoms with Gasteiger partial charge < -0.3 is 0 Å². The molecule has 1 amide bonds. The SMILES string of the molecule is CNC(=O)c1ccc([CH2][Sn][C](C)(C)C)cc1. The van der Waals surface area contributed by atoms with Gasteiger partial charge in [-0.1, -0.05) is 0 Å². The second-order valence-electron chi connectivity index (χ2n) is 4.88. The average Bonchev–Trinajstić information content (AvgIpc) is 2.25. The van der Waals surface area contributed by atoms with Crippen LogP contribution in [0.3, 0.4) is 0 Å². The predicted molar refractivity (Wildman–Crippen MR) is 69.0 cm³/mol. The number of carbonyl (C=O) groups excluding carboxylic acids is 1. The molecule has 0 unspecified atom stereocenters. The minimum atomic E-state index is -0.365. The van der Waals surface area contributed by atoms with Crippen LogP contribution in [0, 0.1) is 0 Å². The molecule has 1 aromatic rings. The van der Waals surface area contributed by atoms with Gasteiger partial charge in [0.2, 0.25) is 0 Å². The molecule has 0 aromatic heterocycles. The van der Waals surface area contributed by atoms with Gasteiger partial charge in [0.1, 0.15) is 0 Å². The van der Waals surface area contributed by atoms with E-state index in [2.05, 4.69) is 38.2 Å². The number of carbonyl (C=O) groups is 1. The van der Waals surface area contributed by atoms with Crippen LogP contribution >= 0.6 is 0 Å². The number of rotatable bonds is 3. The van der Waals surface area contributed by atoms with Crippen molar-refractivity contribution in [1.82, 2.24) is 5.32 Å². The molecule has 0 aliphatic carbocycles. The van der Waals surface area contributed by atoms with E-state index in [0.29, 0.717) is 3.43 Å². The summed E-state index contributed by atoms with van der Waals surface area (Å²) in [6.07, 6.45) is 0. The molecular formula is C13H19NOSn. The van der Waals surface area contributed by atoms with Gasteiger partial charge in [-0.2, -0.15) is 0 Å². The molecule has 2 nitrogen and oxygen atoms in total. The first-order valence-electron chi connectivity index (χ1n) is 5.48. The van der Waals surface area contributed by atoms with E-state index in [1.54, 1.807) is 7.05 Å². The van der Waals surface area contributed by atoms with Gasteiger partial charge in [-0.25, -0.2) is 0 Å². The summed E-state index contributed by atoms with van der Waals surface area (Å²) >= 11 is -0.365. The van der Waals surface area contributed by atoms with E-state index in [-0.39, 0.29) is 27.0 Å². The van der Waals surface area contributed by atoms with Crippen molar-refractivity contribution in [3.05, 3.63) is 35.4 Å². The fourth-order valence-corrected chi connectivity index (χ4v) is 4.05. The van der Waals surface area contributed by atoms with E-state index < -0.39 is 0 Å². The molecule has 0 heterocycles. The monoisotopic (exact) mass is 325 g/mol. The summed E-state index contributed by atoms with van der Waals surface area (Å²) in [4.78, 5) is 11.3. The van der Waals surface area contributed by atoms with Crippen molar-refractivity contribution in [2.75, 3.05) is 7.05 Å². The fraction of sp³-hybridized carbons (Fsp3) is 0.462. The van der Waals surface area contributed by atoms with Crippen LogP contribution in [0.15, 0.2) is 24.3 Å². The van der Waals surface area contributed by atoms with Crippen molar-refractivity contribution in [3.8, 4) is 0 Å². The van der Waals surface area contributed by atoms with E-state index in [9.17, 15) is 4.79 Å². The number of amides is 1. The number of nitrogens with one attached hydrogen (secondary N) is 1. The first-order valence-corrected chi connectivity index (χ1v) is 8.93. The first kappa shape index (κ1) is 13.6. The Kier molecular flexibility index (Phi) is 4.84. The second kappa shape index (κ2) is 5.71. The molecule has 0 fully saturated rings. The Morgan fingerprint density at radius 2 is 1.81 bits per heavy atom. The molecular weight excluding hydrogens is 305 g/mol. The molecule has 0 aliphatic heterocycles. The van der Waals surface area contributed by atoms with Gasteiger partial charge in [0, 0.05) is 0 Å². The van der Waals surface area contributed by atoms with E-state index in [1.807, 2.05) is 12.1 Å². The van der Waals surface area contributed by atoms with Crippen LogP contribution in [0.5, 0.6) is 0 Å². The Bertz CT molecular complexity index is 351. The van der Waals surface area contributed by atoms with Crippen molar-refractivity contribution >= 4 is 27.0 Å². The van der Waals surface area contributed by atoms with Crippen LogP contribution in [-0.4, -0.2) is 34.1 Å². The standard InChI is InChI=1S/C9H10NO.C4H9.Sn/c1-7-3-5-8(6-4-7)9(11)10-2;1-4(2)3;/h3-6H,1H2,2H3,(H,10,11);1-3H3;. The molecule has 16 heavy (non-hydrogen) atoms. The van der Waals surface area contributed by atoms with Gasteiger partial charge >= 0.3 is 108 Å². The molecule has 0 saturated carbocycles. The summed E-state index contributed by atoms with van der Waals surface area (Å²) in [5.41, 5.74) is 2.11. The molecule has 0 atom stereocenters. The molecule has 0 spiro atoms. The maximum atomic E-state index is 11.3. The van der Waals surface area contributed by atoms with Crippen LogP contribution in [0.1, 0.15) is 36.7 Å². The molecule has 2 radical (unpaired) electrons. The molecule has 1 N–H and O–H groups in total. The third kappa shape index (κ3) is 4.56. The van der Waals surface area contributed by atoms with Crippen LogP contribution in [0.4, 0.5) is 0 Å². The van der Waals surface area contributed by atoms with Gasteiger partial charge in [0.25, 0.3) is 0 Å². The third-order valence-corrected chi connectivity index (χ3v) is 6.96. The quantitative estimate of drug-likeness (QED) is 0.851. The van der Waals surface area contributed by atoms with E-state index in [4.69, 9.17) is 0 Å². The summed E-state index contributed by atoms with van der Waals surface area (Å²) in [5.74, 6) is -0.0117. The third-order valence-electron chi connectivity index (χ3n) is 2.27. The minimum absolute atomic E-state index is 0.0117. The summed E-state index contributed by atoms with van der Waals surface area (Å²) in [5, 5.41) is 2.63. The fourth-order valence-electron chi connectivity index (χ4n) is 1.29. The van der Waals surface area contributed by atoms with Crippen LogP contribution < -0.4 is 5.32 Å². The van der Waals surface area contributed by atoms with E-state index >= 15 is 0 Å². The molecule has 86 valence electrons. The Morgan fingerprint density at radius 3 is 2.25 bits per heavy atom. The maximum absolute atomic E-state index is 11.3. The van der Waals surface area contributed by atoms with Gasteiger partial charge in [0.05, 0.1) is 0 Å². The van der Waals surface area contributed by atoms with E-state index in [0.717, 1.165) is 5.56 Å². The van der Waals surface area contributed by atoms with Crippen LogP contribution in [0.25, 0.3) is 0 Å². The number of benzene rings is 1. The zero-order chi connectivity index (χ0) is 12.2. The molecule has 1 rings (SSSR count). The molecule has 0 saturated heterocycles. The normalized spacial score (nSPS) is 11.2. The van der Waals surface area contributed by atoms with Crippen LogP contribution in [0.2, 0.25) is 3.43 Å². The van der Waals surface area contributed by atoms with E-state index in [1.165, 1.54) is 10.0 Å². The Labute approximate surface area is 108 Å². The Morgan fingerprint density at radius 1 is 1.25 bits per heavy atom. The summed E-state index contributed by atoms with van der Waals surface area (Å²) < 4.78 is 1.77. The van der Waals surface area contributed by atoms with Gasteiger partial charge in [-0.15, -0.1) is 0 Å². The Balaban J connectivity index is 2.62. The summed E-state index contributed by atoms with van der Waals surface area (Å²) in [7, 11) is 1.66. The van der Waals surface area contributed by atoms with Crippen molar-refractivity contribution in [3.63, 3.8) is 0 Å². The molecule has 0 aliphatic rings. The number of hydrogen-bond donors (Lipinski definition) is 1. The zero-order valence-corrected chi connectivity index (χ0v) is 13.3. The predicted octanol–water partition coefficient (Wildman–Crippen LogP) is 2.47. The first-order chi connectivity index (χ1) is 7.42. The molecule has 0 bridgehead atoms. The summed E-state index contributed by atoms with van der Waals surface area (Å²) in [6, 6.07) is 7.99. The molecule has 3 heteroatoms. The van der Waals surface area contributed by atoms with Crippen molar-refractivity contribution in [1.29, 1.82) is 0 Å². The van der Waals surface area contributed by atoms with Gasteiger partial charge in [-0.05, 0) is 0 Å². The second-order valence-corrected chi connectivity index (χ2v) is 11.2. The topological polar surface area (TPSA) is 29.1 Å². The van der Waals surface area contributed by atoms with Crippen molar-refractivity contribution in [2.24, 2.45) is 0 Å². The van der Waals surface area contributed by atoms with Crippen molar-refractivity contribution in [2.45, 2.75) is 28.6 Å².